The first-order valence-electron chi connectivity index (χ1n) is 11.9. The van der Waals surface area contributed by atoms with Crippen molar-refractivity contribution in [2.75, 3.05) is 0 Å². The summed E-state index contributed by atoms with van der Waals surface area (Å²) >= 11 is 6.27. The molecule has 0 saturated heterocycles. The highest BCUT2D eigenvalue weighted by Gasteiger charge is 2.39. The molecule has 0 spiro atoms. The molecule has 184 valence electrons. The van der Waals surface area contributed by atoms with Crippen LogP contribution in [0.25, 0.3) is 0 Å². The molecule has 0 aliphatic rings. The number of aromatic nitrogens is 2. The van der Waals surface area contributed by atoms with Crippen LogP contribution in [-0.2, 0) is 16.8 Å². The SMILES string of the molecule is NC(=O)C(Cc1ccc(F)cc1Cl)c1cnn(C(c2ccccc2)(c2ccccc2)c2ccccc2)c1. The first-order valence-corrected chi connectivity index (χ1v) is 12.3. The summed E-state index contributed by atoms with van der Waals surface area (Å²) in [6, 6.07) is 34.6. The maximum absolute atomic E-state index is 13.6. The lowest BCUT2D eigenvalue weighted by molar-refractivity contribution is -0.119. The number of carbonyl (C=O) groups is 1. The van der Waals surface area contributed by atoms with Gasteiger partial charge in [0.2, 0.25) is 5.91 Å². The number of hydrogen-bond acceptors (Lipinski definition) is 2. The molecule has 2 N–H and O–H groups in total. The lowest BCUT2D eigenvalue weighted by Gasteiger charge is -2.36. The van der Waals surface area contributed by atoms with Crippen molar-refractivity contribution in [2.24, 2.45) is 5.73 Å². The minimum atomic E-state index is -0.808. The highest BCUT2D eigenvalue weighted by atomic mass is 35.5. The van der Waals surface area contributed by atoms with Gasteiger partial charge in [-0.05, 0) is 40.8 Å². The summed E-state index contributed by atoms with van der Waals surface area (Å²) in [5, 5.41) is 5.07. The Hall–Kier alpha value is -4.22. The molecule has 5 rings (SSSR count). The first kappa shape index (κ1) is 24.5. The van der Waals surface area contributed by atoms with Crippen molar-refractivity contribution >= 4 is 17.5 Å². The Morgan fingerprint density at radius 1 is 0.865 bits per heavy atom. The predicted octanol–water partition coefficient (Wildman–Crippen LogP) is 6.33. The van der Waals surface area contributed by atoms with Crippen molar-refractivity contribution in [1.29, 1.82) is 0 Å². The average Bonchev–Trinajstić information content (AvgIpc) is 3.40. The van der Waals surface area contributed by atoms with E-state index < -0.39 is 23.2 Å². The largest absolute Gasteiger partial charge is 0.369 e. The summed E-state index contributed by atoms with van der Waals surface area (Å²) in [6.07, 6.45) is 3.78. The Morgan fingerprint density at radius 3 is 1.84 bits per heavy atom. The fourth-order valence-electron chi connectivity index (χ4n) is 4.92. The van der Waals surface area contributed by atoms with Crippen molar-refractivity contribution < 1.29 is 9.18 Å². The van der Waals surface area contributed by atoms with Gasteiger partial charge in [0.1, 0.15) is 11.4 Å². The van der Waals surface area contributed by atoms with Gasteiger partial charge in [0.05, 0.1) is 12.1 Å². The van der Waals surface area contributed by atoms with Crippen LogP contribution in [0.2, 0.25) is 5.02 Å². The van der Waals surface area contributed by atoms with Crippen LogP contribution >= 0.6 is 11.6 Å². The topological polar surface area (TPSA) is 60.9 Å². The highest BCUT2D eigenvalue weighted by molar-refractivity contribution is 6.31. The number of hydrogen-bond donors (Lipinski definition) is 1. The Bertz CT molecular complexity index is 1410. The predicted molar refractivity (Wildman–Crippen MR) is 144 cm³/mol. The van der Waals surface area contributed by atoms with Crippen LogP contribution in [-0.4, -0.2) is 15.7 Å². The zero-order valence-electron chi connectivity index (χ0n) is 20.0. The van der Waals surface area contributed by atoms with Gasteiger partial charge >= 0.3 is 0 Å². The van der Waals surface area contributed by atoms with E-state index in [0.29, 0.717) is 11.1 Å². The van der Waals surface area contributed by atoms with E-state index in [9.17, 15) is 9.18 Å². The van der Waals surface area contributed by atoms with E-state index in [-0.39, 0.29) is 11.4 Å². The third-order valence-corrected chi connectivity index (χ3v) is 7.06. The van der Waals surface area contributed by atoms with Crippen LogP contribution in [0.4, 0.5) is 4.39 Å². The molecular weight excluding hydrogens is 485 g/mol. The Morgan fingerprint density at radius 2 is 1.38 bits per heavy atom. The van der Waals surface area contributed by atoms with Crippen LogP contribution < -0.4 is 5.73 Å². The molecule has 0 saturated carbocycles. The lowest BCUT2D eigenvalue weighted by atomic mass is 9.77. The van der Waals surface area contributed by atoms with Gasteiger partial charge in [-0.2, -0.15) is 5.10 Å². The summed E-state index contributed by atoms with van der Waals surface area (Å²) in [5.74, 6) is -1.64. The summed E-state index contributed by atoms with van der Waals surface area (Å²) in [4.78, 5) is 12.6. The number of rotatable bonds is 8. The van der Waals surface area contributed by atoms with Gasteiger partial charge in [0.25, 0.3) is 0 Å². The van der Waals surface area contributed by atoms with Crippen LogP contribution in [0.15, 0.2) is 122 Å². The van der Waals surface area contributed by atoms with Crippen molar-refractivity contribution in [1.82, 2.24) is 9.78 Å². The van der Waals surface area contributed by atoms with Gasteiger partial charge in [-0.15, -0.1) is 0 Å². The van der Waals surface area contributed by atoms with Crippen molar-refractivity contribution in [2.45, 2.75) is 17.9 Å². The minimum Gasteiger partial charge on any atom is -0.369 e. The molecule has 5 aromatic rings. The van der Waals surface area contributed by atoms with Crippen LogP contribution in [0.5, 0.6) is 0 Å². The molecule has 6 heteroatoms. The molecule has 4 nitrogen and oxygen atoms in total. The number of nitrogens with two attached hydrogens (primary N) is 1. The maximum Gasteiger partial charge on any atom is 0.225 e. The molecule has 0 fully saturated rings. The van der Waals surface area contributed by atoms with E-state index in [1.54, 1.807) is 12.3 Å². The molecule has 1 amide bonds. The lowest BCUT2D eigenvalue weighted by Crippen LogP contribution is -2.38. The third-order valence-electron chi connectivity index (χ3n) is 6.71. The van der Waals surface area contributed by atoms with Crippen LogP contribution in [0, 0.1) is 5.82 Å². The fraction of sp³-hybridized carbons (Fsp3) is 0.0968. The second kappa shape index (κ2) is 10.4. The van der Waals surface area contributed by atoms with E-state index in [0.717, 1.165) is 16.7 Å². The second-order valence-electron chi connectivity index (χ2n) is 8.92. The van der Waals surface area contributed by atoms with Gasteiger partial charge in [-0.25, -0.2) is 4.39 Å². The number of primary amides is 1. The highest BCUT2D eigenvalue weighted by Crippen LogP contribution is 2.41. The Labute approximate surface area is 220 Å². The van der Waals surface area contributed by atoms with E-state index in [1.165, 1.54) is 12.1 Å². The fourth-order valence-corrected chi connectivity index (χ4v) is 5.17. The van der Waals surface area contributed by atoms with E-state index in [2.05, 4.69) is 36.4 Å². The summed E-state index contributed by atoms with van der Waals surface area (Å²) in [6.45, 7) is 0. The van der Waals surface area contributed by atoms with Gasteiger partial charge in [-0.1, -0.05) is 109 Å². The molecule has 0 radical (unpaired) electrons. The quantitative estimate of drug-likeness (QED) is 0.248. The smallest absolute Gasteiger partial charge is 0.225 e. The van der Waals surface area contributed by atoms with Gasteiger partial charge in [0, 0.05) is 16.8 Å². The molecular formula is C31H25ClFN3O. The average molecular weight is 510 g/mol. The van der Waals surface area contributed by atoms with Crippen molar-refractivity contribution in [3.63, 3.8) is 0 Å². The molecule has 0 bridgehead atoms. The minimum absolute atomic E-state index is 0.231. The zero-order valence-corrected chi connectivity index (χ0v) is 20.7. The van der Waals surface area contributed by atoms with Crippen molar-refractivity contribution in [3.8, 4) is 0 Å². The number of amides is 1. The van der Waals surface area contributed by atoms with Crippen LogP contribution in [0.3, 0.4) is 0 Å². The van der Waals surface area contributed by atoms with Gasteiger partial charge < -0.3 is 5.73 Å². The summed E-state index contributed by atoms with van der Waals surface area (Å²) in [5.41, 5.74) is 9.38. The number of carbonyl (C=O) groups excluding carboxylic acids is 1. The third kappa shape index (κ3) is 4.66. The van der Waals surface area contributed by atoms with E-state index >= 15 is 0 Å². The second-order valence-corrected chi connectivity index (χ2v) is 9.33. The molecule has 0 aliphatic carbocycles. The molecule has 1 atom stereocenters. The number of halogens is 2. The first-order chi connectivity index (χ1) is 18.0. The molecule has 0 aliphatic heterocycles. The monoisotopic (exact) mass is 509 g/mol. The molecule has 1 aromatic heterocycles. The van der Waals surface area contributed by atoms with Crippen LogP contribution in [0.1, 0.15) is 33.7 Å². The molecule has 37 heavy (non-hydrogen) atoms. The normalized spacial score (nSPS) is 12.3. The summed E-state index contributed by atoms with van der Waals surface area (Å²) < 4.78 is 15.5. The molecule has 1 unspecified atom stereocenters. The number of benzene rings is 4. The standard InChI is InChI=1S/C31H25ClFN3O/c32-29-19-27(33)17-16-22(29)18-28(30(34)37)23-20-35-36(21-23)31(24-10-4-1-5-11-24,25-12-6-2-7-13-25)26-14-8-3-9-15-26/h1-17,19-21,28H,18H2,(H2,34,37). The Kier molecular flexibility index (Phi) is 6.89. The Balaban J connectivity index is 1.69. The maximum atomic E-state index is 13.6. The summed E-state index contributed by atoms with van der Waals surface area (Å²) in [7, 11) is 0. The zero-order chi connectivity index (χ0) is 25.8. The van der Waals surface area contributed by atoms with Gasteiger partial charge in [-0.3, -0.25) is 9.48 Å². The molecule has 1 heterocycles. The molecule has 4 aromatic carbocycles. The number of nitrogens with zero attached hydrogens (tertiary/aromatic N) is 2. The van der Waals surface area contributed by atoms with E-state index in [1.807, 2.05) is 65.5 Å². The van der Waals surface area contributed by atoms with Gasteiger partial charge in [0.15, 0.2) is 0 Å². The van der Waals surface area contributed by atoms with Crippen molar-refractivity contribution in [3.05, 3.63) is 160 Å². The van der Waals surface area contributed by atoms with E-state index in [4.69, 9.17) is 22.4 Å².